The Balaban J connectivity index is 2.41. The van der Waals surface area contributed by atoms with Crippen LogP contribution in [0.1, 0.15) is 18.2 Å². The predicted octanol–water partition coefficient (Wildman–Crippen LogP) is 2.79. The molecule has 1 aromatic heterocycles. The molecule has 0 aliphatic heterocycles. The van der Waals surface area contributed by atoms with E-state index >= 15 is 0 Å². The summed E-state index contributed by atoms with van der Waals surface area (Å²) < 4.78 is 5.35. The lowest BCUT2D eigenvalue weighted by Crippen LogP contribution is -1.92. The number of aromatic hydroxyl groups is 1. The van der Waals surface area contributed by atoms with Crippen LogP contribution in [-0.4, -0.2) is 16.7 Å². The van der Waals surface area contributed by atoms with Gasteiger partial charge in [-0.15, -0.1) is 0 Å². The molecular weight excluding hydrogens is 202 g/mol. The van der Waals surface area contributed by atoms with Gasteiger partial charge < -0.3 is 9.84 Å². The second-order valence-corrected chi connectivity index (χ2v) is 3.76. The fraction of sp³-hybridized carbons (Fsp3) is 0.308. The standard InChI is InChI=1S/C13H15NO2/c1-3-16-8-10-4-5-11-7-13(15)9(2)14-12(11)6-10/h4-7,15H,3,8H2,1-2H3. The zero-order valence-electron chi connectivity index (χ0n) is 9.53. The van der Waals surface area contributed by atoms with Gasteiger partial charge in [0, 0.05) is 12.0 Å². The van der Waals surface area contributed by atoms with Crippen LogP contribution in [0, 0.1) is 6.92 Å². The lowest BCUT2D eigenvalue weighted by Gasteiger charge is -2.05. The lowest BCUT2D eigenvalue weighted by molar-refractivity contribution is 0.134. The van der Waals surface area contributed by atoms with E-state index in [1.54, 1.807) is 13.0 Å². The van der Waals surface area contributed by atoms with E-state index < -0.39 is 0 Å². The second-order valence-electron chi connectivity index (χ2n) is 3.76. The van der Waals surface area contributed by atoms with E-state index in [9.17, 15) is 5.11 Å². The summed E-state index contributed by atoms with van der Waals surface area (Å²) in [4.78, 5) is 4.34. The van der Waals surface area contributed by atoms with Gasteiger partial charge in [0.15, 0.2) is 0 Å². The fourth-order valence-corrected chi connectivity index (χ4v) is 1.61. The Labute approximate surface area is 94.7 Å². The van der Waals surface area contributed by atoms with Crippen LogP contribution < -0.4 is 0 Å². The van der Waals surface area contributed by atoms with Gasteiger partial charge >= 0.3 is 0 Å². The van der Waals surface area contributed by atoms with Gasteiger partial charge in [-0.05, 0) is 31.5 Å². The van der Waals surface area contributed by atoms with Gasteiger partial charge in [0.2, 0.25) is 0 Å². The molecule has 0 atom stereocenters. The molecule has 0 amide bonds. The number of fused-ring (bicyclic) bond motifs is 1. The van der Waals surface area contributed by atoms with Crippen molar-refractivity contribution >= 4 is 10.9 Å². The van der Waals surface area contributed by atoms with Gasteiger partial charge in [-0.25, -0.2) is 4.98 Å². The SMILES string of the molecule is CCOCc1ccc2cc(O)c(C)nc2c1. The Morgan fingerprint density at radius 1 is 1.31 bits per heavy atom. The Morgan fingerprint density at radius 2 is 2.12 bits per heavy atom. The molecule has 0 saturated carbocycles. The molecule has 3 heteroatoms. The molecule has 0 saturated heterocycles. The summed E-state index contributed by atoms with van der Waals surface area (Å²) in [5.74, 6) is 0.241. The van der Waals surface area contributed by atoms with Crippen LogP contribution in [-0.2, 0) is 11.3 Å². The zero-order valence-corrected chi connectivity index (χ0v) is 9.53. The number of aromatic nitrogens is 1. The fourth-order valence-electron chi connectivity index (χ4n) is 1.61. The first-order chi connectivity index (χ1) is 7.70. The van der Waals surface area contributed by atoms with Crippen LogP contribution in [0.2, 0.25) is 0 Å². The third-order valence-corrected chi connectivity index (χ3v) is 2.52. The molecule has 1 aromatic carbocycles. The van der Waals surface area contributed by atoms with Gasteiger partial charge in [0.05, 0.1) is 17.8 Å². The van der Waals surface area contributed by atoms with E-state index in [0.29, 0.717) is 18.9 Å². The van der Waals surface area contributed by atoms with Gasteiger partial charge in [-0.2, -0.15) is 0 Å². The van der Waals surface area contributed by atoms with E-state index in [2.05, 4.69) is 4.98 Å². The molecule has 0 aliphatic carbocycles. The molecule has 0 radical (unpaired) electrons. The highest BCUT2D eigenvalue weighted by Crippen LogP contribution is 2.22. The Kier molecular flexibility index (Phi) is 3.06. The van der Waals surface area contributed by atoms with Gasteiger partial charge in [-0.3, -0.25) is 0 Å². The molecular formula is C13H15NO2. The van der Waals surface area contributed by atoms with Gasteiger partial charge in [0.25, 0.3) is 0 Å². The number of benzene rings is 1. The van der Waals surface area contributed by atoms with Crippen molar-refractivity contribution in [3.05, 3.63) is 35.5 Å². The van der Waals surface area contributed by atoms with Crippen LogP contribution in [0.15, 0.2) is 24.3 Å². The summed E-state index contributed by atoms with van der Waals surface area (Å²) in [6.07, 6.45) is 0. The maximum Gasteiger partial charge on any atom is 0.137 e. The number of nitrogens with zero attached hydrogens (tertiary/aromatic N) is 1. The quantitative estimate of drug-likeness (QED) is 0.859. The first kappa shape index (κ1) is 10.9. The normalized spacial score (nSPS) is 10.9. The van der Waals surface area contributed by atoms with E-state index in [1.165, 1.54) is 0 Å². The summed E-state index contributed by atoms with van der Waals surface area (Å²) in [5, 5.41) is 10.5. The summed E-state index contributed by atoms with van der Waals surface area (Å²) >= 11 is 0. The first-order valence-corrected chi connectivity index (χ1v) is 5.37. The molecule has 16 heavy (non-hydrogen) atoms. The molecule has 2 rings (SSSR count). The molecule has 1 N–H and O–H groups in total. The van der Waals surface area contributed by atoms with Crippen LogP contribution in [0.5, 0.6) is 5.75 Å². The topological polar surface area (TPSA) is 42.4 Å². The van der Waals surface area contributed by atoms with E-state index in [0.717, 1.165) is 16.5 Å². The third kappa shape index (κ3) is 2.14. The highest BCUT2D eigenvalue weighted by molar-refractivity contribution is 5.80. The van der Waals surface area contributed by atoms with Crippen molar-refractivity contribution in [2.75, 3.05) is 6.61 Å². The first-order valence-electron chi connectivity index (χ1n) is 5.37. The predicted molar refractivity (Wildman–Crippen MR) is 63.5 cm³/mol. The Morgan fingerprint density at radius 3 is 2.88 bits per heavy atom. The highest BCUT2D eigenvalue weighted by Gasteiger charge is 2.02. The van der Waals surface area contributed by atoms with Crippen molar-refractivity contribution in [1.29, 1.82) is 0 Å². The summed E-state index contributed by atoms with van der Waals surface area (Å²) in [5.41, 5.74) is 2.65. The minimum Gasteiger partial charge on any atom is -0.506 e. The molecule has 3 nitrogen and oxygen atoms in total. The molecule has 0 unspecified atom stereocenters. The maximum absolute atomic E-state index is 9.54. The number of aryl methyl sites for hydroxylation is 1. The minimum atomic E-state index is 0.241. The average molecular weight is 217 g/mol. The number of pyridine rings is 1. The zero-order chi connectivity index (χ0) is 11.5. The van der Waals surface area contributed by atoms with Gasteiger partial charge in [0.1, 0.15) is 5.75 Å². The van der Waals surface area contributed by atoms with Gasteiger partial charge in [-0.1, -0.05) is 12.1 Å². The number of rotatable bonds is 3. The molecule has 2 aromatic rings. The van der Waals surface area contributed by atoms with Crippen LogP contribution in [0.4, 0.5) is 0 Å². The van der Waals surface area contributed by atoms with E-state index in [-0.39, 0.29) is 5.75 Å². The smallest absolute Gasteiger partial charge is 0.137 e. The molecule has 84 valence electrons. The van der Waals surface area contributed by atoms with E-state index in [1.807, 2.05) is 25.1 Å². The Hall–Kier alpha value is -1.61. The summed E-state index contributed by atoms with van der Waals surface area (Å²) in [6, 6.07) is 7.68. The van der Waals surface area contributed by atoms with E-state index in [4.69, 9.17) is 4.74 Å². The summed E-state index contributed by atoms with van der Waals surface area (Å²) in [7, 11) is 0. The lowest BCUT2D eigenvalue weighted by atomic mass is 10.1. The van der Waals surface area contributed by atoms with Crippen molar-refractivity contribution < 1.29 is 9.84 Å². The van der Waals surface area contributed by atoms with Crippen molar-refractivity contribution in [2.24, 2.45) is 0 Å². The van der Waals surface area contributed by atoms with Crippen LogP contribution in [0.3, 0.4) is 0 Å². The molecule has 1 heterocycles. The van der Waals surface area contributed by atoms with Crippen molar-refractivity contribution in [1.82, 2.24) is 4.98 Å². The Bertz CT molecular complexity index is 509. The molecule has 0 fully saturated rings. The molecule has 0 bridgehead atoms. The van der Waals surface area contributed by atoms with Crippen molar-refractivity contribution in [3.63, 3.8) is 0 Å². The van der Waals surface area contributed by atoms with Crippen LogP contribution >= 0.6 is 0 Å². The van der Waals surface area contributed by atoms with Crippen molar-refractivity contribution in [3.8, 4) is 5.75 Å². The molecule has 0 spiro atoms. The van der Waals surface area contributed by atoms with Crippen molar-refractivity contribution in [2.45, 2.75) is 20.5 Å². The average Bonchev–Trinajstić information content (AvgIpc) is 2.28. The number of hydrogen-bond acceptors (Lipinski definition) is 3. The second kappa shape index (κ2) is 4.49. The minimum absolute atomic E-state index is 0.241. The van der Waals surface area contributed by atoms with Crippen LogP contribution in [0.25, 0.3) is 10.9 Å². The third-order valence-electron chi connectivity index (χ3n) is 2.52. The molecule has 0 aliphatic rings. The highest BCUT2D eigenvalue weighted by atomic mass is 16.5. The maximum atomic E-state index is 9.54. The number of ether oxygens (including phenoxy) is 1. The summed E-state index contributed by atoms with van der Waals surface area (Å²) in [6.45, 7) is 5.08. The number of hydrogen-bond donors (Lipinski definition) is 1. The monoisotopic (exact) mass is 217 g/mol. The largest absolute Gasteiger partial charge is 0.506 e.